The van der Waals surface area contributed by atoms with Crippen LogP contribution in [0.1, 0.15) is 17.5 Å². The Kier molecular flexibility index (Phi) is 3.28. The lowest BCUT2D eigenvalue weighted by Crippen LogP contribution is -2.56. The monoisotopic (exact) mass is 283 g/mol. The van der Waals surface area contributed by atoms with Gasteiger partial charge in [-0.1, -0.05) is 0 Å². The molecule has 110 valence electrons. The summed E-state index contributed by atoms with van der Waals surface area (Å²) in [6.07, 6.45) is 8.72. The van der Waals surface area contributed by atoms with Gasteiger partial charge in [-0.3, -0.25) is 14.8 Å². The Hall–Kier alpha value is -1.65. The minimum Gasteiger partial charge on any atom is -0.472 e. The highest BCUT2D eigenvalue weighted by Gasteiger charge is 2.47. The SMILES string of the molecule is c1cc(CN2CCC3(C2)CN(Cc2ccoc2)C3)ccn1. The molecule has 0 saturated carbocycles. The summed E-state index contributed by atoms with van der Waals surface area (Å²) in [4.78, 5) is 9.20. The molecule has 2 aliphatic heterocycles. The van der Waals surface area contributed by atoms with E-state index in [1.165, 1.54) is 43.7 Å². The number of pyridine rings is 1. The highest BCUT2D eigenvalue weighted by Crippen LogP contribution is 2.40. The molecule has 1 spiro atoms. The fraction of sp³-hybridized carbons (Fsp3) is 0.471. The Bertz CT molecular complexity index is 575. The van der Waals surface area contributed by atoms with E-state index < -0.39 is 0 Å². The van der Waals surface area contributed by atoms with Gasteiger partial charge in [0.15, 0.2) is 0 Å². The van der Waals surface area contributed by atoms with E-state index in [2.05, 4.69) is 33.0 Å². The predicted molar refractivity (Wildman–Crippen MR) is 80.5 cm³/mol. The Morgan fingerprint density at radius 3 is 2.52 bits per heavy atom. The third-order valence-corrected chi connectivity index (χ3v) is 4.78. The van der Waals surface area contributed by atoms with Crippen LogP contribution in [0.5, 0.6) is 0 Å². The van der Waals surface area contributed by atoms with Crippen LogP contribution < -0.4 is 0 Å². The summed E-state index contributed by atoms with van der Waals surface area (Å²) >= 11 is 0. The molecule has 2 saturated heterocycles. The third kappa shape index (κ3) is 2.74. The Labute approximate surface area is 125 Å². The second-order valence-electron chi connectivity index (χ2n) is 6.59. The fourth-order valence-electron chi connectivity index (χ4n) is 3.82. The zero-order valence-corrected chi connectivity index (χ0v) is 12.2. The first-order chi connectivity index (χ1) is 10.3. The summed E-state index contributed by atoms with van der Waals surface area (Å²) in [7, 11) is 0. The summed E-state index contributed by atoms with van der Waals surface area (Å²) < 4.78 is 5.14. The molecule has 0 N–H and O–H groups in total. The van der Waals surface area contributed by atoms with Crippen molar-refractivity contribution in [2.75, 3.05) is 26.2 Å². The first kappa shape index (κ1) is 13.0. The first-order valence-corrected chi connectivity index (χ1v) is 7.66. The van der Waals surface area contributed by atoms with Gasteiger partial charge in [-0.25, -0.2) is 0 Å². The van der Waals surface area contributed by atoms with Crippen molar-refractivity contribution in [3.63, 3.8) is 0 Å². The van der Waals surface area contributed by atoms with Crippen LogP contribution in [0, 0.1) is 5.41 Å². The van der Waals surface area contributed by atoms with Gasteiger partial charge in [-0.15, -0.1) is 0 Å². The van der Waals surface area contributed by atoms with Gasteiger partial charge in [0.25, 0.3) is 0 Å². The summed E-state index contributed by atoms with van der Waals surface area (Å²) in [5.41, 5.74) is 3.20. The maximum atomic E-state index is 5.14. The largest absolute Gasteiger partial charge is 0.472 e. The van der Waals surface area contributed by atoms with Crippen LogP contribution in [-0.4, -0.2) is 41.0 Å². The van der Waals surface area contributed by atoms with Crippen molar-refractivity contribution < 1.29 is 4.42 Å². The molecular weight excluding hydrogens is 262 g/mol. The standard InChI is InChI=1S/C17H21N3O/c1-5-18-6-2-15(1)9-19-7-4-17(12-19)13-20(14-17)10-16-3-8-21-11-16/h1-3,5-6,8,11H,4,7,9-10,12-14H2. The molecule has 4 heterocycles. The topological polar surface area (TPSA) is 32.5 Å². The van der Waals surface area contributed by atoms with Crippen molar-refractivity contribution in [1.82, 2.24) is 14.8 Å². The van der Waals surface area contributed by atoms with Crippen LogP contribution in [0.3, 0.4) is 0 Å². The molecule has 4 nitrogen and oxygen atoms in total. The lowest BCUT2D eigenvalue weighted by atomic mass is 9.79. The number of likely N-dealkylation sites (tertiary alicyclic amines) is 2. The van der Waals surface area contributed by atoms with Gasteiger partial charge < -0.3 is 4.42 Å². The maximum Gasteiger partial charge on any atom is 0.0947 e. The number of hydrogen-bond donors (Lipinski definition) is 0. The predicted octanol–water partition coefficient (Wildman–Crippen LogP) is 2.38. The number of aromatic nitrogens is 1. The molecule has 21 heavy (non-hydrogen) atoms. The van der Waals surface area contributed by atoms with E-state index >= 15 is 0 Å². The van der Waals surface area contributed by atoms with Gasteiger partial charge in [0, 0.05) is 56.1 Å². The summed E-state index contributed by atoms with van der Waals surface area (Å²) in [5, 5.41) is 0. The molecule has 0 aliphatic carbocycles. The zero-order chi connectivity index (χ0) is 14.1. The van der Waals surface area contributed by atoms with E-state index in [0.717, 1.165) is 13.1 Å². The highest BCUT2D eigenvalue weighted by atomic mass is 16.3. The average molecular weight is 283 g/mol. The molecule has 0 unspecified atom stereocenters. The number of rotatable bonds is 4. The van der Waals surface area contributed by atoms with Crippen LogP contribution in [-0.2, 0) is 13.1 Å². The average Bonchev–Trinajstić information content (AvgIpc) is 3.10. The van der Waals surface area contributed by atoms with E-state index in [0.29, 0.717) is 5.41 Å². The van der Waals surface area contributed by atoms with Gasteiger partial charge in [-0.2, -0.15) is 0 Å². The van der Waals surface area contributed by atoms with Crippen molar-refractivity contribution in [2.24, 2.45) is 5.41 Å². The van der Waals surface area contributed by atoms with Crippen molar-refractivity contribution >= 4 is 0 Å². The fourth-order valence-corrected chi connectivity index (χ4v) is 3.82. The third-order valence-electron chi connectivity index (χ3n) is 4.78. The molecule has 2 fully saturated rings. The van der Waals surface area contributed by atoms with Crippen LogP contribution >= 0.6 is 0 Å². The Balaban J connectivity index is 1.29. The lowest BCUT2D eigenvalue weighted by molar-refractivity contribution is 0.00149. The van der Waals surface area contributed by atoms with Crippen LogP contribution in [0.4, 0.5) is 0 Å². The normalized spacial score (nSPS) is 21.7. The van der Waals surface area contributed by atoms with E-state index in [9.17, 15) is 0 Å². The zero-order valence-electron chi connectivity index (χ0n) is 12.2. The van der Waals surface area contributed by atoms with Gasteiger partial charge in [0.2, 0.25) is 0 Å². The van der Waals surface area contributed by atoms with Crippen molar-refractivity contribution in [3.05, 3.63) is 54.2 Å². The quantitative estimate of drug-likeness (QED) is 0.862. The van der Waals surface area contributed by atoms with Crippen molar-refractivity contribution in [2.45, 2.75) is 19.5 Å². The van der Waals surface area contributed by atoms with E-state index in [1.807, 2.05) is 18.7 Å². The molecule has 0 radical (unpaired) electrons. The lowest BCUT2D eigenvalue weighted by Gasteiger charge is -2.48. The van der Waals surface area contributed by atoms with E-state index in [-0.39, 0.29) is 0 Å². The molecule has 4 heteroatoms. The number of furan rings is 1. The summed E-state index contributed by atoms with van der Waals surface area (Å²) in [6.45, 7) is 7.00. The van der Waals surface area contributed by atoms with Crippen molar-refractivity contribution in [1.29, 1.82) is 0 Å². The summed E-state index contributed by atoms with van der Waals surface area (Å²) in [5.74, 6) is 0. The molecule has 0 amide bonds. The minimum atomic E-state index is 0.538. The molecule has 2 aromatic rings. The molecule has 0 bridgehead atoms. The first-order valence-electron chi connectivity index (χ1n) is 7.66. The van der Waals surface area contributed by atoms with Gasteiger partial charge in [0.05, 0.1) is 12.5 Å². The second kappa shape index (κ2) is 5.28. The molecule has 2 aliphatic rings. The molecular formula is C17H21N3O. The summed E-state index contributed by atoms with van der Waals surface area (Å²) in [6, 6.07) is 6.31. The second-order valence-corrected chi connectivity index (χ2v) is 6.59. The van der Waals surface area contributed by atoms with Crippen LogP contribution in [0.25, 0.3) is 0 Å². The van der Waals surface area contributed by atoms with Gasteiger partial charge >= 0.3 is 0 Å². The highest BCUT2D eigenvalue weighted by molar-refractivity contribution is 5.12. The molecule has 2 aromatic heterocycles. The van der Waals surface area contributed by atoms with Gasteiger partial charge in [-0.05, 0) is 36.7 Å². The van der Waals surface area contributed by atoms with Crippen LogP contribution in [0.15, 0.2) is 47.5 Å². The molecule has 0 atom stereocenters. The minimum absolute atomic E-state index is 0.538. The maximum absolute atomic E-state index is 5.14. The molecule has 4 rings (SSSR count). The number of nitrogens with zero attached hydrogens (tertiary/aromatic N) is 3. The van der Waals surface area contributed by atoms with Crippen LogP contribution in [0.2, 0.25) is 0 Å². The van der Waals surface area contributed by atoms with Crippen molar-refractivity contribution in [3.8, 4) is 0 Å². The van der Waals surface area contributed by atoms with E-state index in [4.69, 9.17) is 4.42 Å². The number of hydrogen-bond acceptors (Lipinski definition) is 4. The smallest absolute Gasteiger partial charge is 0.0947 e. The van der Waals surface area contributed by atoms with E-state index in [1.54, 1.807) is 6.26 Å². The Morgan fingerprint density at radius 2 is 1.76 bits per heavy atom. The van der Waals surface area contributed by atoms with Gasteiger partial charge in [0.1, 0.15) is 0 Å². The molecule has 0 aromatic carbocycles. The Morgan fingerprint density at radius 1 is 1.00 bits per heavy atom.